The number of rotatable bonds is 5. The van der Waals surface area contributed by atoms with Crippen molar-refractivity contribution in [2.24, 2.45) is 5.92 Å². The summed E-state index contributed by atoms with van der Waals surface area (Å²) in [5, 5.41) is 2.57. The van der Waals surface area contributed by atoms with Gasteiger partial charge in [0.05, 0.1) is 7.11 Å². The van der Waals surface area contributed by atoms with Gasteiger partial charge in [-0.05, 0) is 34.9 Å². The maximum atomic E-state index is 12.0. The Morgan fingerprint density at radius 3 is 2.68 bits per heavy atom. The highest BCUT2D eigenvalue weighted by molar-refractivity contribution is 5.80. The van der Waals surface area contributed by atoms with Gasteiger partial charge in [-0.15, -0.1) is 0 Å². The van der Waals surface area contributed by atoms with Crippen LogP contribution in [0.2, 0.25) is 0 Å². The topological polar surface area (TPSA) is 79.4 Å². The molecule has 1 amide bonds. The van der Waals surface area contributed by atoms with E-state index in [1.54, 1.807) is 48.0 Å². The first kappa shape index (κ1) is 14.4. The van der Waals surface area contributed by atoms with E-state index in [-0.39, 0.29) is 18.4 Å². The highest BCUT2D eigenvalue weighted by Gasteiger charge is 2.34. The van der Waals surface area contributed by atoms with Gasteiger partial charge in [0, 0.05) is 25.1 Å². The van der Waals surface area contributed by atoms with Crippen molar-refractivity contribution < 1.29 is 18.7 Å². The van der Waals surface area contributed by atoms with E-state index in [1.807, 2.05) is 0 Å². The van der Waals surface area contributed by atoms with Gasteiger partial charge in [0.2, 0.25) is 11.6 Å². The molecule has 0 spiro atoms. The van der Waals surface area contributed by atoms with E-state index in [1.165, 1.54) is 0 Å². The van der Waals surface area contributed by atoms with Crippen LogP contribution in [0.1, 0.15) is 18.5 Å². The standard InChI is InChI=1S/C15H17N3O4/c1-17(14(19)10-3-4-10)9-13-15(20)22-16-18(13)11-5-7-12(21-2)8-6-11/h5-8,10H,3-4,9H2,1-2H3/p+1. The predicted molar refractivity (Wildman–Crippen MR) is 76.6 cm³/mol. The molecule has 1 N–H and O–H groups in total. The van der Waals surface area contributed by atoms with Crippen LogP contribution in [-0.4, -0.2) is 30.2 Å². The molecule has 0 saturated heterocycles. The summed E-state index contributed by atoms with van der Waals surface area (Å²) >= 11 is 0. The van der Waals surface area contributed by atoms with Crippen molar-refractivity contribution in [3.05, 3.63) is 40.4 Å². The van der Waals surface area contributed by atoms with Crippen LogP contribution in [0.3, 0.4) is 0 Å². The molecule has 22 heavy (non-hydrogen) atoms. The van der Waals surface area contributed by atoms with Gasteiger partial charge < -0.3 is 9.64 Å². The van der Waals surface area contributed by atoms with E-state index in [0.717, 1.165) is 24.3 Å². The molecule has 3 rings (SSSR count). The lowest BCUT2D eigenvalue weighted by Gasteiger charge is -2.13. The molecule has 1 aliphatic carbocycles. The Hall–Kier alpha value is -2.57. The normalized spacial score (nSPS) is 13.9. The van der Waals surface area contributed by atoms with Crippen LogP contribution in [0.5, 0.6) is 5.75 Å². The Balaban J connectivity index is 1.86. The van der Waals surface area contributed by atoms with E-state index in [4.69, 9.17) is 9.26 Å². The van der Waals surface area contributed by atoms with Crippen molar-refractivity contribution in [2.45, 2.75) is 19.4 Å². The summed E-state index contributed by atoms with van der Waals surface area (Å²) in [4.78, 5) is 25.5. The Morgan fingerprint density at radius 1 is 1.41 bits per heavy atom. The lowest BCUT2D eigenvalue weighted by atomic mass is 10.3. The number of nitrogens with one attached hydrogen (secondary N) is 1. The smallest absolute Gasteiger partial charge is 0.432 e. The zero-order chi connectivity index (χ0) is 15.7. The number of aromatic amines is 1. The van der Waals surface area contributed by atoms with E-state index < -0.39 is 5.63 Å². The van der Waals surface area contributed by atoms with E-state index in [2.05, 4.69) is 5.27 Å². The average molecular weight is 304 g/mol. The highest BCUT2D eigenvalue weighted by Crippen LogP contribution is 2.30. The van der Waals surface area contributed by atoms with Gasteiger partial charge in [-0.3, -0.25) is 9.32 Å². The number of carbonyl (C=O) groups is 1. The minimum atomic E-state index is -0.480. The van der Waals surface area contributed by atoms with Gasteiger partial charge in [0.25, 0.3) is 0 Å². The summed E-state index contributed by atoms with van der Waals surface area (Å²) in [5.41, 5.74) is 0.627. The molecule has 1 saturated carbocycles. The summed E-state index contributed by atoms with van der Waals surface area (Å²) < 4.78 is 11.5. The van der Waals surface area contributed by atoms with Crippen molar-refractivity contribution >= 4 is 5.91 Å². The molecule has 7 nitrogen and oxygen atoms in total. The molecule has 1 fully saturated rings. The Labute approximate surface area is 127 Å². The molecule has 7 heteroatoms. The third-order valence-corrected chi connectivity index (χ3v) is 3.76. The fraction of sp³-hybridized carbons (Fsp3) is 0.400. The molecular weight excluding hydrogens is 286 g/mol. The van der Waals surface area contributed by atoms with Crippen molar-refractivity contribution in [1.29, 1.82) is 0 Å². The SMILES string of the molecule is COc1ccc(-[n+]2[nH]oc(=O)c2CN(C)C(=O)C2CC2)cc1. The van der Waals surface area contributed by atoms with Crippen LogP contribution in [0.15, 0.2) is 33.6 Å². The van der Waals surface area contributed by atoms with Crippen LogP contribution >= 0.6 is 0 Å². The van der Waals surface area contributed by atoms with E-state index in [0.29, 0.717) is 5.69 Å². The lowest BCUT2D eigenvalue weighted by Crippen LogP contribution is -2.42. The summed E-state index contributed by atoms with van der Waals surface area (Å²) in [7, 11) is 3.29. The van der Waals surface area contributed by atoms with Crippen LogP contribution in [0.4, 0.5) is 0 Å². The summed E-state index contributed by atoms with van der Waals surface area (Å²) in [6.07, 6.45) is 1.87. The number of H-pyrrole nitrogens is 1. The monoisotopic (exact) mass is 304 g/mol. The van der Waals surface area contributed by atoms with E-state index >= 15 is 0 Å². The van der Waals surface area contributed by atoms with Gasteiger partial charge in [0.1, 0.15) is 12.3 Å². The van der Waals surface area contributed by atoms with Crippen LogP contribution in [0.25, 0.3) is 5.69 Å². The van der Waals surface area contributed by atoms with E-state index in [9.17, 15) is 9.59 Å². The number of amides is 1. The van der Waals surface area contributed by atoms with Gasteiger partial charge in [-0.25, -0.2) is 4.79 Å². The first-order valence-corrected chi connectivity index (χ1v) is 7.12. The second-order valence-electron chi connectivity index (χ2n) is 5.43. The van der Waals surface area contributed by atoms with Crippen molar-refractivity contribution in [2.75, 3.05) is 14.2 Å². The number of ether oxygens (including phenoxy) is 1. The maximum Gasteiger partial charge on any atom is 0.432 e. The Kier molecular flexibility index (Phi) is 3.70. The molecule has 116 valence electrons. The third kappa shape index (κ3) is 2.74. The fourth-order valence-electron chi connectivity index (χ4n) is 2.31. The molecule has 1 aromatic carbocycles. The zero-order valence-corrected chi connectivity index (χ0v) is 12.5. The van der Waals surface area contributed by atoms with Gasteiger partial charge in [-0.1, -0.05) is 0 Å². The predicted octanol–water partition coefficient (Wildman–Crippen LogP) is 0.622. The Bertz CT molecular complexity index is 728. The van der Waals surface area contributed by atoms with Crippen LogP contribution in [0, 0.1) is 5.92 Å². The maximum absolute atomic E-state index is 12.0. The number of carbonyl (C=O) groups excluding carboxylic acids is 1. The quantitative estimate of drug-likeness (QED) is 0.821. The molecule has 0 bridgehead atoms. The van der Waals surface area contributed by atoms with Crippen LogP contribution in [-0.2, 0) is 11.3 Å². The number of hydrogen-bond acceptors (Lipinski definition) is 4. The molecule has 1 aromatic heterocycles. The van der Waals surface area contributed by atoms with Crippen molar-refractivity contribution in [3.63, 3.8) is 0 Å². The zero-order valence-electron chi connectivity index (χ0n) is 12.5. The molecule has 0 atom stereocenters. The minimum absolute atomic E-state index is 0.0712. The number of benzene rings is 1. The Morgan fingerprint density at radius 2 is 2.09 bits per heavy atom. The van der Waals surface area contributed by atoms with Gasteiger partial charge in [-0.2, -0.15) is 0 Å². The second-order valence-corrected chi connectivity index (χ2v) is 5.43. The number of nitrogens with zero attached hydrogens (tertiary/aromatic N) is 2. The molecule has 1 heterocycles. The number of methoxy groups -OCH3 is 1. The highest BCUT2D eigenvalue weighted by atomic mass is 16.5. The van der Waals surface area contributed by atoms with Crippen molar-refractivity contribution in [1.82, 2.24) is 10.2 Å². The first-order valence-electron chi connectivity index (χ1n) is 7.12. The van der Waals surface area contributed by atoms with Gasteiger partial charge >= 0.3 is 11.3 Å². The lowest BCUT2D eigenvalue weighted by molar-refractivity contribution is -0.678. The molecular formula is C15H18N3O4+. The molecule has 2 aromatic rings. The minimum Gasteiger partial charge on any atom is -0.497 e. The van der Waals surface area contributed by atoms with Crippen molar-refractivity contribution in [3.8, 4) is 11.4 Å². The van der Waals surface area contributed by atoms with Gasteiger partial charge in [0.15, 0.2) is 0 Å². The summed E-state index contributed by atoms with van der Waals surface area (Å²) in [6.45, 7) is 0.202. The largest absolute Gasteiger partial charge is 0.497 e. The first-order chi connectivity index (χ1) is 10.6. The van der Waals surface area contributed by atoms with Crippen LogP contribution < -0.4 is 15.0 Å². The molecule has 0 radical (unpaired) electrons. The summed E-state index contributed by atoms with van der Waals surface area (Å²) in [6, 6.07) is 7.18. The number of hydrogen-bond donors (Lipinski definition) is 1. The molecule has 1 aliphatic rings. The average Bonchev–Trinajstić information content (AvgIpc) is 3.32. The molecule has 0 unspecified atom stereocenters. The molecule has 0 aliphatic heterocycles. The second kappa shape index (κ2) is 5.67. The third-order valence-electron chi connectivity index (χ3n) is 3.76. The summed E-state index contributed by atoms with van der Waals surface area (Å²) in [5.74, 6) is 0.907. The fourth-order valence-corrected chi connectivity index (χ4v) is 2.31. The number of aromatic nitrogens is 2.